The average molecular weight is 289 g/mol. The van der Waals surface area contributed by atoms with Crippen LogP contribution in [-0.2, 0) is 20.9 Å². The molecular formula is C13H24NO2PS. The van der Waals surface area contributed by atoms with Crippen molar-refractivity contribution in [2.24, 2.45) is 11.8 Å². The Morgan fingerprint density at radius 2 is 1.67 bits per heavy atom. The second-order valence-corrected chi connectivity index (χ2v) is 9.92. The van der Waals surface area contributed by atoms with Crippen molar-refractivity contribution < 1.29 is 9.05 Å². The van der Waals surface area contributed by atoms with Crippen molar-refractivity contribution in [3.63, 3.8) is 0 Å². The molecule has 0 amide bonds. The number of hydrogen-bond acceptors (Lipinski definition) is 4. The Bertz CT molecular complexity index is 328. The van der Waals surface area contributed by atoms with Crippen molar-refractivity contribution in [1.29, 1.82) is 0 Å². The minimum atomic E-state index is -1.88. The third kappa shape index (κ3) is 2.99. The zero-order valence-corrected chi connectivity index (χ0v) is 12.9. The molecule has 3 nitrogen and oxygen atoms in total. The summed E-state index contributed by atoms with van der Waals surface area (Å²) in [6.07, 6.45) is 6.38. The summed E-state index contributed by atoms with van der Waals surface area (Å²) in [6, 6.07) is 0.927. The second kappa shape index (κ2) is 5.49. The van der Waals surface area contributed by atoms with Crippen molar-refractivity contribution in [2.75, 3.05) is 32.5 Å². The van der Waals surface area contributed by atoms with Gasteiger partial charge >= 0.3 is 0 Å². The first-order valence-electron chi connectivity index (χ1n) is 7.32. The highest BCUT2D eigenvalue weighted by molar-refractivity contribution is 8.09. The van der Waals surface area contributed by atoms with E-state index in [0.29, 0.717) is 5.92 Å². The molecule has 3 fully saturated rings. The predicted octanol–water partition coefficient (Wildman–Crippen LogP) is 2.85. The Morgan fingerprint density at radius 1 is 1.06 bits per heavy atom. The quantitative estimate of drug-likeness (QED) is 0.745. The van der Waals surface area contributed by atoms with Crippen molar-refractivity contribution in [2.45, 2.75) is 38.6 Å². The van der Waals surface area contributed by atoms with Gasteiger partial charge in [-0.3, -0.25) is 0 Å². The van der Waals surface area contributed by atoms with Gasteiger partial charge in [0.2, 0.25) is 0 Å². The van der Waals surface area contributed by atoms with Gasteiger partial charge in [-0.1, -0.05) is 6.92 Å². The summed E-state index contributed by atoms with van der Waals surface area (Å²) in [6.45, 7) is 4.46. The minimum absolute atomic E-state index is 0.592. The summed E-state index contributed by atoms with van der Waals surface area (Å²) >= 11 is 5.43. The summed E-state index contributed by atoms with van der Waals surface area (Å²) in [5, 5.41) is 0. The summed E-state index contributed by atoms with van der Waals surface area (Å²) < 4.78 is 11.7. The topological polar surface area (TPSA) is 21.7 Å². The zero-order chi connectivity index (χ0) is 12.6. The smallest absolute Gasteiger partial charge is 0.188 e. The van der Waals surface area contributed by atoms with Gasteiger partial charge in [-0.2, -0.15) is 0 Å². The first-order chi connectivity index (χ1) is 8.70. The molecule has 2 heterocycles. The molecule has 0 N–H and O–H groups in total. The zero-order valence-electron chi connectivity index (χ0n) is 11.2. The molecule has 2 aliphatic heterocycles. The van der Waals surface area contributed by atoms with Gasteiger partial charge in [-0.25, -0.2) is 0 Å². The summed E-state index contributed by atoms with van der Waals surface area (Å²) in [7, 11) is 0. The number of piperidine rings is 1. The molecule has 5 heteroatoms. The second-order valence-electron chi connectivity index (χ2n) is 5.88. The van der Waals surface area contributed by atoms with Crippen LogP contribution in [0.2, 0.25) is 0 Å². The molecule has 0 atom stereocenters. The lowest BCUT2D eigenvalue weighted by molar-refractivity contribution is 0.0489. The van der Waals surface area contributed by atoms with Crippen LogP contribution >= 0.6 is 6.49 Å². The number of nitrogens with zero attached hydrogens (tertiary/aromatic N) is 1. The van der Waals surface area contributed by atoms with E-state index in [4.69, 9.17) is 20.9 Å². The molecule has 3 aliphatic rings. The number of rotatable bonds is 3. The molecule has 0 unspecified atom stereocenters. The van der Waals surface area contributed by atoms with E-state index in [1.54, 1.807) is 0 Å². The van der Waals surface area contributed by atoms with E-state index >= 15 is 0 Å². The largest absolute Gasteiger partial charge is 0.329 e. The lowest BCUT2D eigenvalue weighted by Crippen LogP contribution is -2.40. The average Bonchev–Trinajstić information content (AvgIpc) is 3.24. The van der Waals surface area contributed by atoms with Crippen LogP contribution in [0.5, 0.6) is 0 Å². The Balaban J connectivity index is 1.47. The van der Waals surface area contributed by atoms with Crippen LogP contribution < -0.4 is 0 Å². The van der Waals surface area contributed by atoms with Crippen LogP contribution in [-0.4, -0.2) is 43.4 Å². The number of hydrogen-bond donors (Lipinski definition) is 0. The van der Waals surface area contributed by atoms with Crippen LogP contribution in [0.3, 0.4) is 0 Å². The van der Waals surface area contributed by atoms with Crippen LogP contribution in [0.15, 0.2) is 0 Å². The predicted molar refractivity (Wildman–Crippen MR) is 77.5 cm³/mol. The van der Waals surface area contributed by atoms with Gasteiger partial charge in [0.25, 0.3) is 0 Å². The van der Waals surface area contributed by atoms with Crippen molar-refractivity contribution in [1.82, 2.24) is 4.90 Å². The Labute approximate surface area is 115 Å². The maximum absolute atomic E-state index is 5.86. The van der Waals surface area contributed by atoms with E-state index in [0.717, 1.165) is 31.3 Å². The molecule has 0 aromatic rings. The van der Waals surface area contributed by atoms with Crippen molar-refractivity contribution >= 4 is 18.3 Å². The molecule has 2 saturated heterocycles. The van der Waals surface area contributed by atoms with E-state index in [1.165, 1.54) is 38.8 Å². The van der Waals surface area contributed by atoms with E-state index in [-0.39, 0.29) is 0 Å². The van der Waals surface area contributed by atoms with Gasteiger partial charge in [0.15, 0.2) is 6.49 Å². The molecule has 0 aromatic carbocycles. The molecule has 0 radical (unpaired) electrons. The molecule has 0 aromatic heterocycles. The SMILES string of the molecule is CCP1(=S)OCC(C2CCN(C3CC3)CC2)CO1. The molecule has 104 valence electrons. The highest BCUT2D eigenvalue weighted by Gasteiger charge is 2.36. The first-order valence-corrected chi connectivity index (χ1v) is 10.1. The van der Waals surface area contributed by atoms with Crippen LogP contribution in [0.1, 0.15) is 32.6 Å². The summed E-state index contributed by atoms with van der Waals surface area (Å²) in [5.41, 5.74) is 0. The molecule has 18 heavy (non-hydrogen) atoms. The third-order valence-electron chi connectivity index (χ3n) is 4.66. The maximum Gasteiger partial charge on any atom is 0.188 e. The van der Waals surface area contributed by atoms with Gasteiger partial charge in [-0.05, 0) is 56.5 Å². The van der Waals surface area contributed by atoms with Crippen LogP contribution in [0, 0.1) is 11.8 Å². The lowest BCUT2D eigenvalue weighted by Gasteiger charge is -2.39. The van der Waals surface area contributed by atoms with Gasteiger partial charge in [0.05, 0.1) is 13.2 Å². The maximum atomic E-state index is 5.86. The molecule has 1 saturated carbocycles. The molecule has 0 bridgehead atoms. The monoisotopic (exact) mass is 289 g/mol. The Morgan fingerprint density at radius 3 is 2.17 bits per heavy atom. The van der Waals surface area contributed by atoms with E-state index < -0.39 is 6.49 Å². The van der Waals surface area contributed by atoms with Gasteiger partial charge < -0.3 is 13.9 Å². The van der Waals surface area contributed by atoms with E-state index in [9.17, 15) is 0 Å². The minimum Gasteiger partial charge on any atom is -0.329 e. The molecule has 0 spiro atoms. The fraction of sp³-hybridized carbons (Fsp3) is 1.00. The fourth-order valence-corrected chi connectivity index (χ4v) is 4.80. The van der Waals surface area contributed by atoms with Gasteiger partial charge in [-0.15, -0.1) is 0 Å². The van der Waals surface area contributed by atoms with E-state index in [1.807, 2.05) is 0 Å². The van der Waals surface area contributed by atoms with Crippen LogP contribution in [0.25, 0.3) is 0 Å². The molecule has 3 rings (SSSR count). The van der Waals surface area contributed by atoms with E-state index in [2.05, 4.69) is 11.8 Å². The Hall–Kier alpha value is 0.530. The highest BCUT2D eigenvalue weighted by Crippen LogP contribution is 2.52. The van der Waals surface area contributed by atoms with Crippen LogP contribution in [0.4, 0.5) is 0 Å². The first kappa shape index (κ1) is 13.5. The van der Waals surface area contributed by atoms with Gasteiger partial charge in [0.1, 0.15) is 0 Å². The summed E-state index contributed by atoms with van der Waals surface area (Å²) in [4.78, 5) is 2.68. The standard InChI is InChI=1S/C13H24NO2PS/c1-2-17(18)15-9-12(10-16-17)11-5-7-14(8-6-11)13-3-4-13/h11-13H,2-10H2,1H3. The Kier molecular flexibility index (Phi) is 4.12. The normalized spacial score (nSPS) is 39.9. The molecular weight excluding hydrogens is 265 g/mol. The molecule has 1 aliphatic carbocycles. The third-order valence-corrected chi connectivity index (χ3v) is 7.93. The van der Waals surface area contributed by atoms with Crippen molar-refractivity contribution in [3.8, 4) is 0 Å². The number of likely N-dealkylation sites (tertiary alicyclic amines) is 1. The fourth-order valence-electron chi connectivity index (χ4n) is 3.15. The summed E-state index contributed by atoms with van der Waals surface area (Å²) in [5.74, 6) is 1.38. The lowest BCUT2D eigenvalue weighted by atomic mass is 9.85. The van der Waals surface area contributed by atoms with Gasteiger partial charge in [0, 0.05) is 18.1 Å². The van der Waals surface area contributed by atoms with Crippen molar-refractivity contribution in [3.05, 3.63) is 0 Å². The highest BCUT2D eigenvalue weighted by atomic mass is 32.5.